The third-order valence-electron chi connectivity index (χ3n) is 4.79. The average molecular weight is 376 g/mol. The van der Waals surface area contributed by atoms with E-state index in [1.54, 1.807) is 6.08 Å². The third-order valence-corrected chi connectivity index (χ3v) is 4.79. The van der Waals surface area contributed by atoms with Crippen molar-refractivity contribution in [1.29, 1.82) is 0 Å². The number of Topliss-reactive ketones (excluding diaryl/α,β-unsaturated/α-hetero) is 1. The van der Waals surface area contributed by atoms with Crippen molar-refractivity contribution in [3.8, 4) is 0 Å². The van der Waals surface area contributed by atoms with Gasteiger partial charge in [-0.25, -0.2) is 0 Å². The Morgan fingerprint density at radius 1 is 1.56 bits per heavy atom. The van der Waals surface area contributed by atoms with Crippen molar-refractivity contribution in [3.05, 3.63) is 42.1 Å². The smallest absolute Gasteiger partial charge is 0.183 e. The Bertz CT molecular complexity index is 638. The van der Waals surface area contributed by atoms with Gasteiger partial charge in [0.15, 0.2) is 11.7 Å². The van der Waals surface area contributed by atoms with E-state index in [1.165, 1.54) is 6.42 Å². The summed E-state index contributed by atoms with van der Waals surface area (Å²) in [6.45, 7) is 9.19. The summed E-state index contributed by atoms with van der Waals surface area (Å²) in [6, 6.07) is 1.91. The van der Waals surface area contributed by atoms with E-state index in [1.807, 2.05) is 26.0 Å². The zero-order chi connectivity index (χ0) is 19.6. The van der Waals surface area contributed by atoms with Crippen LogP contribution in [0.1, 0.15) is 63.4 Å². The van der Waals surface area contributed by atoms with E-state index in [9.17, 15) is 4.79 Å². The Labute approximate surface area is 162 Å². The molecule has 0 spiro atoms. The lowest BCUT2D eigenvalue weighted by Gasteiger charge is -2.20. The van der Waals surface area contributed by atoms with Crippen LogP contribution in [-0.4, -0.2) is 42.1 Å². The molecule has 1 aromatic heterocycles. The average Bonchev–Trinajstić information content (AvgIpc) is 3.28. The van der Waals surface area contributed by atoms with Crippen molar-refractivity contribution in [2.45, 2.75) is 64.5 Å². The van der Waals surface area contributed by atoms with Gasteiger partial charge in [0.1, 0.15) is 18.1 Å². The highest BCUT2D eigenvalue weighted by atomic mass is 16.5. The van der Waals surface area contributed by atoms with E-state index in [4.69, 9.17) is 9.26 Å². The first-order valence-corrected chi connectivity index (χ1v) is 9.97. The molecule has 1 saturated heterocycles. The Hall–Kier alpha value is -2.08. The minimum absolute atomic E-state index is 0.151. The molecule has 1 aliphatic heterocycles. The highest BCUT2D eigenvalue weighted by Gasteiger charge is 2.27. The van der Waals surface area contributed by atoms with Crippen LogP contribution in [0.15, 0.2) is 35.2 Å². The number of ketones is 1. The fourth-order valence-electron chi connectivity index (χ4n) is 3.40. The molecule has 0 radical (unpaired) electrons. The Morgan fingerprint density at radius 2 is 2.37 bits per heavy atom. The number of hydrogen-bond donors (Lipinski definition) is 1. The maximum absolute atomic E-state index is 12.6. The molecule has 1 aliphatic rings. The Kier molecular flexibility index (Phi) is 8.58. The minimum Gasteiger partial charge on any atom is -0.475 e. The molecular weight excluding hydrogens is 342 g/mol. The van der Waals surface area contributed by atoms with Crippen LogP contribution in [-0.2, 0) is 16.0 Å². The van der Waals surface area contributed by atoms with E-state index in [0.717, 1.165) is 37.3 Å². The van der Waals surface area contributed by atoms with Crippen molar-refractivity contribution in [2.75, 3.05) is 20.2 Å². The summed E-state index contributed by atoms with van der Waals surface area (Å²) in [5.74, 6) is 1.49. The number of allylic oxidation sites excluding steroid dienone is 1. The van der Waals surface area contributed by atoms with Crippen molar-refractivity contribution in [2.24, 2.45) is 0 Å². The van der Waals surface area contributed by atoms with Gasteiger partial charge in [-0.05, 0) is 45.4 Å². The number of nitrogens with one attached hydrogen (secondary N) is 1. The zero-order valence-electron chi connectivity index (χ0n) is 16.9. The lowest BCUT2D eigenvalue weighted by Crippen LogP contribution is -2.38. The summed E-state index contributed by atoms with van der Waals surface area (Å²) in [4.78, 5) is 14.9. The molecule has 2 rings (SSSR count). The van der Waals surface area contributed by atoms with Crippen LogP contribution in [0.25, 0.3) is 0 Å². The maximum atomic E-state index is 12.6. The largest absolute Gasteiger partial charge is 0.475 e. The topological polar surface area (TPSA) is 67.6 Å². The van der Waals surface area contributed by atoms with Gasteiger partial charge in [0, 0.05) is 18.9 Å². The lowest BCUT2D eigenvalue weighted by molar-refractivity contribution is -0.121. The standard InChI is InChI=1S/C21H33N3O3/c1-5-9-20(25)18(22-21(10-6-2)26-13-7-3)15-16-14-17(23-27-16)19-11-8-12-24(19)4/h7,10,14,18-19,22H,3,5-6,8-9,11-13,15H2,1-2,4H3. The summed E-state index contributed by atoms with van der Waals surface area (Å²) in [5, 5.41) is 7.51. The first-order chi connectivity index (χ1) is 13.1. The fourth-order valence-corrected chi connectivity index (χ4v) is 3.40. The van der Waals surface area contributed by atoms with Crippen LogP contribution in [0.4, 0.5) is 0 Å². The van der Waals surface area contributed by atoms with Crippen molar-refractivity contribution in [3.63, 3.8) is 0 Å². The van der Waals surface area contributed by atoms with Crippen LogP contribution >= 0.6 is 0 Å². The number of ether oxygens (including phenoxy) is 1. The number of carbonyl (C=O) groups excluding carboxylic acids is 1. The van der Waals surface area contributed by atoms with Gasteiger partial charge < -0.3 is 14.6 Å². The maximum Gasteiger partial charge on any atom is 0.183 e. The van der Waals surface area contributed by atoms with Crippen LogP contribution in [0.5, 0.6) is 0 Å². The summed E-state index contributed by atoms with van der Waals surface area (Å²) >= 11 is 0. The number of nitrogens with zero attached hydrogens (tertiary/aromatic N) is 2. The molecule has 1 aromatic rings. The monoisotopic (exact) mass is 375 g/mol. The van der Waals surface area contributed by atoms with Gasteiger partial charge in [-0.3, -0.25) is 9.69 Å². The van der Waals surface area contributed by atoms with E-state index < -0.39 is 6.04 Å². The summed E-state index contributed by atoms with van der Waals surface area (Å²) in [7, 11) is 2.11. The molecule has 2 unspecified atom stereocenters. The first-order valence-electron chi connectivity index (χ1n) is 9.97. The van der Waals surface area contributed by atoms with E-state index in [2.05, 4.69) is 29.0 Å². The van der Waals surface area contributed by atoms with Crippen molar-refractivity contribution >= 4 is 5.78 Å². The van der Waals surface area contributed by atoms with Gasteiger partial charge >= 0.3 is 0 Å². The second kappa shape index (κ2) is 10.9. The summed E-state index contributed by atoms with van der Waals surface area (Å²) in [6.07, 6.45) is 8.50. The molecule has 0 saturated carbocycles. The van der Waals surface area contributed by atoms with E-state index in [0.29, 0.717) is 31.4 Å². The molecule has 2 atom stereocenters. The molecule has 6 heteroatoms. The number of rotatable bonds is 12. The van der Waals surface area contributed by atoms with E-state index >= 15 is 0 Å². The SMILES string of the molecule is C=CCOC(=CCC)NC(Cc1cc(C2CCCN2C)no1)C(=O)CCC. The molecule has 150 valence electrons. The van der Waals surface area contributed by atoms with Gasteiger partial charge in [0.05, 0.1) is 12.1 Å². The molecule has 6 nitrogen and oxygen atoms in total. The van der Waals surface area contributed by atoms with Gasteiger partial charge in [-0.15, -0.1) is 0 Å². The lowest BCUT2D eigenvalue weighted by atomic mass is 10.0. The minimum atomic E-state index is -0.394. The third kappa shape index (κ3) is 6.24. The highest BCUT2D eigenvalue weighted by Crippen LogP contribution is 2.30. The van der Waals surface area contributed by atoms with Gasteiger partial charge in [-0.1, -0.05) is 31.7 Å². The Morgan fingerprint density at radius 3 is 3.00 bits per heavy atom. The number of aromatic nitrogens is 1. The van der Waals surface area contributed by atoms with E-state index in [-0.39, 0.29) is 5.78 Å². The molecule has 1 fully saturated rings. The number of hydrogen-bond acceptors (Lipinski definition) is 6. The molecule has 0 aliphatic carbocycles. The predicted octanol–water partition coefficient (Wildman–Crippen LogP) is 3.77. The van der Waals surface area contributed by atoms with Gasteiger partial charge in [0.2, 0.25) is 0 Å². The van der Waals surface area contributed by atoms with Gasteiger partial charge in [-0.2, -0.15) is 0 Å². The number of likely N-dealkylation sites (tertiary alicyclic amines) is 1. The molecular formula is C21H33N3O3. The van der Waals surface area contributed by atoms with Gasteiger partial charge in [0.25, 0.3) is 0 Å². The highest BCUT2D eigenvalue weighted by molar-refractivity contribution is 5.84. The second-order valence-electron chi connectivity index (χ2n) is 7.05. The molecule has 2 heterocycles. The molecule has 1 N–H and O–H groups in total. The van der Waals surface area contributed by atoms with Crippen LogP contribution in [0.3, 0.4) is 0 Å². The normalized spacial score (nSPS) is 19.1. The van der Waals surface area contributed by atoms with Crippen molar-refractivity contribution < 1.29 is 14.1 Å². The number of carbonyl (C=O) groups is 1. The second-order valence-corrected chi connectivity index (χ2v) is 7.05. The van der Waals surface area contributed by atoms with Crippen LogP contribution < -0.4 is 5.32 Å². The molecule has 0 aromatic carbocycles. The quantitative estimate of drug-likeness (QED) is 0.443. The van der Waals surface area contributed by atoms with Crippen LogP contribution in [0, 0.1) is 0 Å². The molecule has 0 amide bonds. The van der Waals surface area contributed by atoms with Crippen molar-refractivity contribution in [1.82, 2.24) is 15.4 Å². The first kappa shape index (κ1) is 21.2. The molecule has 27 heavy (non-hydrogen) atoms. The summed E-state index contributed by atoms with van der Waals surface area (Å²) < 4.78 is 11.2. The van der Waals surface area contributed by atoms with Crippen LogP contribution in [0.2, 0.25) is 0 Å². The zero-order valence-corrected chi connectivity index (χ0v) is 16.9. The summed E-state index contributed by atoms with van der Waals surface area (Å²) in [5.41, 5.74) is 0.957. The predicted molar refractivity (Wildman–Crippen MR) is 106 cm³/mol. The fraction of sp³-hybridized carbons (Fsp3) is 0.619. The Balaban J connectivity index is 2.09. The molecule has 0 bridgehead atoms.